The number of hydrogen-bond acceptors (Lipinski definition) is 5. The summed E-state index contributed by atoms with van der Waals surface area (Å²) in [5.74, 6) is 1.00. The van der Waals surface area contributed by atoms with Crippen LogP contribution in [-0.4, -0.2) is 22.5 Å². The Morgan fingerprint density at radius 2 is 2.11 bits per heavy atom. The predicted octanol–water partition coefficient (Wildman–Crippen LogP) is 1.55. The van der Waals surface area contributed by atoms with Crippen molar-refractivity contribution in [2.24, 2.45) is 0 Å². The number of aromatic nitrogens is 2. The van der Waals surface area contributed by atoms with Crippen molar-refractivity contribution < 1.29 is 9.53 Å². The first kappa shape index (κ1) is 10.5. The van der Waals surface area contributed by atoms with Gasteiger partial charge in [-0.1, -0.05) is 0 Å². The number of nitrogens with one attached hydrogen (secondary N) is 2. The van der Waals surface area contributed by atoms with Crippen LogP contribution in [0.15, 0.2) is 36.7 Å². The van der Waals surface area contributed by atoms with Gasteiger partial charge in [-0.2, -0.15) is 0 Å². The van der Waals surface area contributed by atoms with E-state index in [1.54, 1.807) is 30.6 Å². The largest absolute Gasteiger partial charge is 0.482 e. The molecule has 1 aromatic heterocycles. The number of benzene rings is 1. The molecule has 1 amide bonds. The van der Waals surface area contributed by atoms with Gasteiger partial charge in [0.05, 0.1) is 5.69 Å². The lowest BCUT2D eigenvalue weighted by Gasteiger charge is -2.18. The zero-order valence-corrected chi connectivity index (χ0v) is 9.38. The molecule has 2 N–H and O–H groups in total. The summed E-state index contributed by atoms with van der Waals surface area (Å²) in [5.41, 5.74) is 1.47. The van der Waals surface area contributed by atoms with Crippen molar-refractivity contribution in [1.82, 2.24) is 9.97 Å². The molecule has 0 saturated carbocycles. The Morgan fingerprint density at radius 3 is 2.94 bits per heavy atom. The third kappa shape index (κ3) is 2.08. The molecule has 18 heavy (non-hydrogen) atoms. The molecule has 0 bridgehead atoms. The molecule has 1 aliphatic rings. The minimum absolute atomic E-state index is 0.0400. The number of hydrogen-bond donors (Lipinski definition) is 2. The molecular weight excluding hydrogens is 232 g/mol. The second-order valence-corrected chi connectivity index (χ2v) is 3.75. The van der Waals surface area contributed by atoms with E-state index in [0.29, 0.717) is 17.4 Å². The standard InChI is InChI=1S/C12H10N4O2/c17-11-7-18-10-6-8(2-3-9(10)16-11)15-12-13-4-1-5-14-12/h1-6H,7H2,(H,16,17)(H,13,14,15). The molecule has 1 aromatic carbocycles. The number of fused-ring (bicyclic) bond motifs is 1. The van der Waals surface area contributed by atoms with Crippen molar-refractivity contribution in [2.45, 2.75) is 0 Å². The van der Waals surface area contributed by atoms with Gasteiger partial charge in [0.1, 0.15) is 5.75 Å². The van der Waals surface area contributed by atoms with Crippen LogP contribution in [0.1, 0.15) is 0 Å². The second kappa shape index (κ2) is 4.33. The van der Waals surface area contributed by atoms with Gasteiger partial charge < -0.3 is 15.4 Å². The summed E-state index contributed by atoms with van der Waals surface area (Å²) in [7, 11) is 0. The van der Waals surface area contributed by atoms with E-state index >= 15 is 0 Å². The minimum atomic E-state index is -0.144. The number of anilines is 3. The Balaban J connectivity index is 1.85. The molecule has 0 fully saturated rings. The fourth-order valence-corrected chi connectivity index (χ4v) is 1.65. The van der Waals surface area contributed by atoms with E-state index in [0.717, 1.165) is 5.69 Å². The van der Waals surface area contributed by atoms with Crippen LogP contribution in [0.25, 0.3) is 0 Å². The summed E-state index contributed by atoms with van der Waals surface area (Å²) in [6.45, 7) is 0.0400. The van der Waals surface area contributed by atoms with E-state index in [2.05, 4.69) is 20.6 Å². The molecule has 0 atom stereocenters. The highest BCUT2D eigenvalue weighted by Crippen LogP contribution is 2.31. The van der Waals surface area contributed by atoms with Gasteiger partial charge in [0, 0.05) is 24.1 Å². The maximum atomic E-state index is 11.1. The van der Waals surface area contributed by atoms with Crippen LogP contribution < -0.4 is 15.4 Å². The van der Waals surface area contributed by atoms with Gasteiger partial charge >= 0.3 is 0 Å². The molecule has 90 valence electrons. The average molecular weight is 242 g/mol. The molecule has 3 rings (SSSR count). The summed E-state index contributed by atoms with van der Waals surface area (Å²) in [5, 5.41) is 5.78. The van der Waals surface area contributed by atoms with Crippen molar-refractivity contribution in [2.75, 3.05) is 17.2 Å². The molecular formula is C12H10N4O2. The maximum absolute atomic E-state index is 11.1. The lowest BCUT2D eigenvalue weighted by Crippen LogP contribution is -2.25. The van der Waals surface area contributed by atoms with E-state index in [4.69, 9.17) is 4.74 Å². The van der Waals surface area contributed by atoms with Crippen LogP contribution in [-0.2, 0) is 4.79 Å². The molecule has 6 heteroatoms. The molecule has 2 aromatic rings. The number of amides is 1. The molecule has 0 aliphatic carbocycles. The van der Waals surface area contributed by atoms with Crippen molar-refractivity contribution in [3.8, 4) is 5.75 Å². The smallest absolute Gasteiger partial charge is 0.262 e. The second-order valence-electron chi connectivity index (χ2n) is 3.75. The van der Waals surface area contributed by atoms with Crippen LogP contribution in [0.4, 0.5) is 17.3 Å². The Bertz CT molecular complexity index is 586. The molecule has 6 nitrogen and oxygen atoms in total. The number of carbonyl (C=O) groups excluding carboxylic acids is 1. The molecule has 0 spiro atoms. The molecule has 0 saturated heterocycles. The summed E-state index contributed by atoms with van der Waals surface area (Å²) in [4.78, 5) is 19.3. The van der Waals surface area contributed by atoms with Gasteiger partial charge in [0.25, 0.3) is 5.91 Å². The van der Waals surface area contributed by atoms with Crippen molar-refractivity contribution in [1.29, 1.82) is 0 Å². The third-order valence-corrected chi connectivity index (χ3v) is 2.44. The number of carbonyl (C=O) groups is 1. The van der Waals surface area contributed by atoms with E-state index < -0.39 is 0 Å². The number of rotatable bonds is 2. The first-order valence-corrected chi connectivity index (χ1v) is 5.42. The maximum Gasteiger partial charge on any atom is 0.262 e. The zero-order valence-electron chi connectivity index (χ0n) is 9.38. The quantitative estimate of drug-likeness (QED) is 0.835. The molecule has 0 unspecified atom stereocenters. The van der Waals surface area contributed by atoms with Crippen LogP contribution in [0.5, 0.6) is 5.75 Å². The van der Waals surface area contributed by atoms with Gasteiger partial charge in [-0.3, -0.25) is 4.79 Å². The Hall–Kier alpha value is -2.63. The summed E-state index contributed by atoms with van der Waals surface area (Å²) < 4.78 is 5.32. The highest BCUT2D eigenvalue weighted by Gasteiger charge is 2.15. The highest BCUT2D eigenvalue weighted by molar-refractivity contribution is 5.95. The monoisotopic (exact) mass is 242 g/mol. The zero-order chi connectivity index (χ0) is 12.4. The summed E-state index contributed by atoms with van der Waals surface area (Å²) in [6.07, 6.45) is 3.31. The SMILES string of the molecule is O=C1COc2cc(Nc3ncccn3)ccc2N1. The van der Waals surface area contributed by atoms with Crippen molar-refractivity contribution in [3.63, 3.8) is 0 Å². The Morgan fingerprint density at radius 1 is 1.28 bits per heavy atom. The minimum Gasteiger partial charge on any atom is -0.482 e. The Kier molecular flexibility index (Phi) is 2.53. The van der Waals surface area contributed by atoms with Gasteiger partial charge in [0.2, 0.25) is 5.95 Å². The predicted molar refractivity (Wildman–Crippen MR) is 65.9 cm³/mol. The molecule has 2 heterocycles. The van der Waals surface area contributed by atoms with E-state index in [1.165, 1.54) is 0 Å². The van der Waals surface area contributed by atoms with Crippen LogP contribution in [0.3, 0.4) is 0 Å². The van der Waals surface area contributed by atoms with Crippen LogP contribution in [0, 0.1) is 0 Å². The fraction of sp³-hybridized carbons (Fsp3) is 0.0833. The van der Waals surface area contributed by atoms with Gasteiger partial charge in [-0.05, 0) is 18.2 Å². The van der Waals surface area contributed by atoms with Gasteiger partial charge in [0.15, 0.2) is 6.61 Å². The van der Waals surface area contributed by atoms with Gasteiger partial charge in [-0.25, -0.2) is 9.97 Å². The van der Waals surface area contributed by atoms with E-state index in [1.807, 2.05) is 6.07 Å². The highest BCUT2D eigenvalue weighted by atomic mass is 16.5. The first-order valence-electron chi connectivity index (χ1n) is 5.42. The average Bonchev–Trinajstić information content (AvgIpc) is 2.40. The lowest BCUT2D eigenvalue weighted by atomic mass is 10.2. The number of ether oxygens (including phenoxy) is 1. The van der Waals surface area contributed by atoms with E-state index in [-0.39, 0.29) is 12.5 Å². The summed E-state index contributed by atoms with van der Waals surface area (Å²) >= 11 is 0. The van der Waals surface area contributed by atoms with E-state index in [9.17, 15) is 4.79 Å². The molecule has 1 aliphatic heterocycles. The third-order valence-electron chi connectivity index (χ3n) is 2.44. The number of nitrogens with zero attached hydrogens (tertiary/aromatic N) is 2. The first-order chi connectivity index (χ1) is 8.81. The lowest BCUT2D eigenvalue weighted by molar-refractivity contribution is -0.118. The van der Waals surface area contributed by atoms with Crippen molar-refractivity contribution in [3.05, 3.63) is 36.7 Å². The van der Waals surface area contributed by atoms with Crippen LogP contribution in [0.2, 0.25) is 0 Å². The normalized spacial score (nSPS) is 13.2. The van der Waals surface area contributed by atoms with Crippen LogP contribution >= 0.6 is 0 Å². The topological polar surface area (TPSA) is 76.1 Å². The van der Waals surface area contributed by atoms with Gasteiger partial charge in [-0.15, -0.1) is 0 Å². The summed E-state index contributed by atoms with van der Waals surface area (Å²) in [6, 6.07) is 7.14. The fourth-order valence-electron chi connectivity index (χ4n) is 1.65. The Labute approximate surface area is 103 Å². The molecule has 0 radical (unpaired) electrons. The van der Waals surface area contributed by atoms with Crippen molar-refractivity contribution >= 4 is 23.2 Å².